The molecule has 1 aromatic rings. The molecule has 0 saturated carbocycles. The summed E-state index contributed by atoms with van der Waals surface area (Å²) >= 11 is 1.91. The van der Waals surface area contributed by atoms with Gasteiger partial charge >= 0.3 is 0 Å². The van der Waals surface area contributed by atoms with E-state index in [1.807, 2.05) is 17.8 Å². The number of ether oxygens (including phenoxy) is 1. The summed E-state index contributed by atoms with van der Waals surface area (Å²) in [5.74, 6) is 0. The summed E-state index contributed by atoms with van der Waals surface area (Å²) in [5, 5.41) is 0. The highest BCUT2D eigenvalue weighted by Crippen LogP contribution is 2.39. The molecule has 0 radical (unpaired) electrons. The normalized spacial score (nSPS) is 20.1. The number of benzene rings is 1. The second-order valence-electron chi connectivity index (χ2n) is 3.91. The lowest BCUT2D eigenvalue weighted by molar-refractivity contribution is 0.0792. The van der Waals surface area contributed by atoms with E-state index in [1.54, 1.807) is 0 Å². The Balaban J connectivity index is 2.07. The van der Waals surface area contributed by atoms with Gasteiger partial charge in [0.2, 0.25) is 0 Å². The maximum atomic E-state index is 5.91. The molecule has 1 aliphatic rings. The predicted molar refractivity (Wildman–Crippen MR) is 64.1 cm³/mol. The summed E-state index contributed by atoms with van der Waals surface area (Å²) in [7, 11) is 0. The van der Waals surface area contributed by atoms with Crippen molar-refractivity contribution < 1.29 is 4.74 Å². The van der Waals surface area contributed by atoms with E-state index in [1.165, 1.54) is 4.90 Å². The molecule has 1 aromatic carbocycles. The summed E-state index contributed by atoms with van der Waals surface area (Å²) in [6, 6.07) is 10.5. The smallest absolute Gasteiger partial charge is 0.0479 e. The van der Waals surface area contributed by atoms with Crippen molar-refractivity contribution in [2.45, 2.75) is 22.5 Å². The lowest BCUT2D eigenvalue weighted by Crippen LogP contribution is -2.40. The Bertz CT molecular complexity index is 296. The van der Waals surface area contributed by atoms with Gasteiger partial charge in [0, 0.05) is 29.4 Å². The molecule has 82 valence electrons. The average Bonchev–Trinajstić information content (AvgIpc) is 2.32. The fourth-order valence-electron chi connectivity index (χ4n) is 1.83. The largest absolute Gasteiger partial charge is 0.381 e. The van der Waals surface area contributed by atoms with Crippen LogP contribution in [0.25, 0.3) is 0 Å². The van der Waals surface area contributed by atoms with Gasteiger partial charge in [-0.05, 0) is 25.0 Å². The number of hydrogen-bond acceptors (Lipinski definition) is 3. The van der Waals surface area contributed by atoms with Crippen LogP contribution >= 0.6 is 11.8 Å². The van der Waals surface area contributed by atoms with E-state index in [0.717, 1.165) is 32.6 Å². The van der Waals surface area contributed by atoms with Gasteiger partial charge in [-0.3, -0.25) is 0 Å². The van der Waals surface area contributed by atoms with Crippen molar-refractivity contribution in [3.8, 4) is 0 Å². The molecule has 0 unspecified atom stereocenters. The maximum Gasteiger partial charge on any atom is 0.0479 e. The molecule has 0 aliphatic carbocycles. The molecule has 0 bridgehead atoms. The Hall–Kier alpha value is -0.510. The average molecular weight is 223 g/mol. The predicted octanol–water partition coefficient (Wildman–Crippen LogP) is 2.29. The van der Waals surface area contributed by atoms with Crippen LogP contribution in [-0.4, -0.2) is 24.5 Å². The molecule has 2 nitrogen and oxygen atoms in total. The monoisotopic (exact) mass is 223 g/mol. The van der Waals surface area contributed by atoms with E-state index in [0.29, 0.717) is 0 Å². The van der Waals surface area contributed by atoms with Crippen LogP contribution in [0.2, 0.25) is 0 Å². The van der Waals surface area contributed by atoms with E-state index in [9.17, 15) is 0 Å². The summed E-state index contributed by atoms with van der Waals surface area (Å²) in [6.45, 7) is 2.42. The van der Waals surface area contributed by atoms with Crippen molar-refractivity contribution >= 4 is 11.8 Å². The molecule has 15 heavy (non-hydrogen) atoms. The van der Waals surface area contributed by atoms with Crippen LogP contribution in [-0.2, 0) is 4.74 Å². The summed E-state index contributed by atoms with van der Waals surface area (Å²) < 4.78 is 5.59. The lowest BCUT2D eigenvalue weighted by Gasteiger charge is -2.35. The summed E-state index contributed by atoms with van der Waals surface area (Å²) in [5.41, 5.74) is 5.91. The van der Waals surface area contributed by atoms with Crippen molar-refractivity contribution in [3.63, 3.8) is 0 Å². The van der Waals surface area contributed by atoms with Crippen LogP contribution in [0.5, 0.6) is 0 Å². The van der Waals surface area contributed by atoms with Gasteiger partial charge in [0.25, 0.3) is 0 Å². The highest BCUT2D eigenvalue weighted by molar-refractivity contribution is 8.00. The van der Waals surface area contributed by atoms with E-state index in [2.05, 4.69) is 24.3 Å². The molecule has 1 fully saturated rings. The Morgan fingerprint density at radius 1 is 1.20 bits per heavy atom. The SMILES string of the molecule is NCC1(Sc2ccccc2)CCOCC1. The lowest BCUT2D eigenvalue weighted by atomic mass is 9.99. The van der Waals surface area contributed by atoms with E-state index in [4.69, 9.17) is 10.5 Å². The van der Waals surface area contributed by atoms with Gasteiger partial charge in [-0.15, -0.1) is 11.8 Å². The number of hydrogen-bond donors (Lipinski definition) is 1. The molecule has 2 N–H and O–H groups in total. The molecule has 3 heteroatoms. The Morgan fingerprint density at radius 2 is 1.87 bits per heavy atom. The van der Waals surface area contributed by atoms with Gasteiger partial charge < -0.3 is 10.5 Å². The van der Waals surface area contributed by atoms with Crippen molar-refractivity contribution in [2.75, 3.05) is 19.8 Å². The number of rotatable bonds is 3. The van der Waals surface area contributed by atoms with Gasteiger partial charge in [0.15, 0.2) is 0 Å². The summed E-state index contributed by atoms with van der Waals surface area (Å²) in [4.78, 5) is 1.31. The molecule has 0 atom stereocenters. The van der Waals surface area contributed by atoms with Crippen LogP contribution in [0.15, 0.2) is 35.2 Å². The first-order valence-corrected chi connectivity index (χ1v) is 6.18. The van der Waals surface area contributed by atoms with E-state index < -0.39 is 0 Å². The third kappa shape index (κ3) is 2.74. The minimum absolute atomic E-state index is 0.194. The minimum Gasteiger partial charge on any atom is -0.381 e. The third-order valence-electron chi connectivity index (χ3n) is 2.85. The minimum atomic E-state index is 0.194. The van der Waals surface area contributed by atoms with Crippen LogP contribution in [0.1, 0.15) is 12.8 Å². The molecule has 0 spiro atoms. The second-order valence-corrected chi connectivity index (χ2v) is 5.46. The Kier molecular flexibility index (Phi) is 3.67. The van der Waals surface area contributed by atoms with Crippen LogP contribution in [0, 0.1) is 0 Å². The third-order valence-corrected chi connectivity index (χ3v) is 4.37. The zero-order chi connectivity index (χ0) is 10.6. The van der Waals surface area contributed by atoms with Gasteiger partial charge in [0.05, 0.1) is 0 Å². The highest BCUT2D eigenvalue weighted by atomic mass is 32.2. The fraction of sp³-hybridized carbons (Fsp3) is 0.500. The number of thioether (sulfide) groups is 1. The quantitative estimate of drug-likeness (QED) is 0.854. The Morgan fingerprint density at radius 3 is 2.47 bits per heavy atom. The van der Waals surface area contributed by atoms with Crippen molar-refractivity contribution in [1.29, 1.82) is 0 Å². The molecule has 1 saturated heterocycles. The van der Waals surface area contributed by atoms with Crippen LogP contribution in [0.3, 0.4) is 0 Å². The van der Waals surface area contributed by atoms with E-state index >= 15 is 0 Å². The zero-order valence-corrected chi connectivity index (χ0v) is 9.63. The first kappa shape index (κ1) is 11.0. The van der Waals surface area contributed by atoms with Gasteiger partial charge in [0.1, 0.15) is 0 Å². The van der Waals surface area contributed by atoms with Crippen molar-refractivity contribution in [2.24, 2.45) is 5.73 Å². The van der Waals surface area contributed by atoms with Gasteiger partial charge in [-0.25, -0.2) is 0 Å². The Labute approximate surface area is 95.2 Å². The second kappa shape index (κ2) is 5.01. The molecule has 0 amide bonds. The van der Waals surface area contributed by atoms with Gasteiger partial charge in [-0.2, -0.15) is 0 Å². The standard InChI is InChI=1S/C12H17NOS/c13-10-12(6-8-14-9-7-12)15-11-4-2-1-3-5-11/h1-5H,6-10,13H2. The fourth-order valence-corrected chi connectivity index (χ4v) is 3.08. The topological polar surface area (TPSA) is 35.2 Å². The van der Waals surface area contributed by atoms with Crippen molar-refractivity contribution in [1.82, 2.24) is 0 Å². The number of nitrogens with two attached hydrogens (primary N) is 1. The van der Waals surface area contributed by atoms with Gasteiger partial charge in [-0.1, -0.05) is 18.2 Å². The first-order valence-electron chi connectivity index (χ1n) is 5.37. The molecule has 1 aliphatic heterocycles. The van der Waals surface area contributed by atoms with Crippen molar-refractivity contribution in [3.05, 3.63) is 30.3 Å². The molecule has 0 aromatic heterocycles. The van der Waals surface area contributed by atoms with Crippen LogP contribution in [0.4, 0.5) is 0 Å². The maximum absolute atomic E-state index is 5.91. The molecule has 1 heterocycles. The van der Waals surface area contributed by atoms with E-state index in [-0.39, 0.29) is 4.75 Å². The zero-order valence-electron chi connectivity index (χ0n) is 8.82. The molecular weight excluding hydrogens is 206 g/mol. The molecule has 2 rings (SSSR count). The highest BCUT2D eigenvalue weighted by Gasteiger charge is 2.32. The summed E-state index contributed by atoms with van der Waals surface area (Å²) in [6.07, 6.45) is 2.12. The molecular formula is C12H17NOS. The van der Waals surface area contributed by atoms with Crippen LogP contribution < -0.4 is 5.73 Å². The first-order chi connectivity index (χ1) is 7.35.